The zero-order valence-electron chi connectivity index (χ0n) is 28.0. The molecule has 258 valence electrons. The summed E-state index contributed by atoms with van der Waals surface area (Å²) in [6.45, 7) is 0. The van der Waals surface area contributed by atoms with Gasteiger partial charge in [-0.05, 0) is 96.8 Å². The minimum absolute atomic E-state index is 0.00763. The van der Waals surface area contributed by atoms with Crippen LogP contribution in [-0.4, -0.2) is 35.0 Å². The number of allylic oxidation sites excluding steroid dienone is 6. The lowest BCUT2D eigenvalue weighted by atomic mass is 9.89. The minimum Gasteiger partial charge on any atom is -0.485 e. The second kappa shape index (κ2) is 12.2. The predicted molar refractivity (Wildman–Crippen MR) is 222 cm³/mol. The molecule has 54 heavy (non-hydrogen) atoms. The summed E-state index contributed by atoms with van der Waals surface area (Å²) in [5.74, 6) is 1.07. The number of thiol groups is 1. The SMILES string of the molecule is N=C1C(c2ccc3oc4ccccc4c3c2)=CC=C(N(c2cccc3nsnc23)c2ccc(-c3ccc4c(c3)C3C=CC=CC3O4)c3nsnc23)/C1=N/S. The molecule has 0 amide bonds. The van der Waals surface area contributed by atoms with Crippen molar-refractivity contribution in [1.82, 2.24) is 17.5 Å². The van der Waals surface area contributed by atoms with Crippen molar-refractivity contribution >= 4 is 109 Å². The van der Waals surface area contributed by atoms with Crippen molar-refractivity contribution < 1.29 is 9.15 Å². The van der Waals surface area contributed by atoms with Gasteiger partial charge in [-0.2, -0.15) is 17.5 Å². The van der Waals surface area contributed by atoms with Crippen LogP contribution in [0.2, 0.25) is 0 Å². The zero-order chi connectivity index (χ0) is 35.9. The van der Waals surface area contributed by atoms with Gasteiger partial charge in [0.15, 0.2) is 0 Å². The molecule has 8 aromatic rings. The van der Waals surface area contributed by atoms with Gasteiger partial charge in [-0.1, -0.05) is 54.6 Å². The van der Waals surface area contributed by atoms with E-state index in [4.69, 9.17) is 22.3 Å². The molecule has 1 aliphatic heterocycles. The molecule has 0 bridgehead atoms. The maximum atomic E-state index is 9.55. The van der Waals surface area contributed by atoms with Crippen LogP contribution in [0.25, 0.3) is 60.7 Å². The number of para-hydroxylation sites is 1. The second-order valence-corrected chi connectivity index (χ2v) is 14.5. The van der Waals surface area contributed by atoms with Crippen LogP contribution in [-0.2, 0) is 0 Å². The van der Waals surface area contributed by atoms with E-state index in [0.717, 1.165) is 89.6 Å². The van der Waals surface area contributed by atoms with E-state index in [9.17, 15) is 5.41 Å². The third-order valence-electron chi connectivity index (χ3n) is 10.4. The van der Waals surface area contributed by atoms with Crippen molar-refractivity contribution in [1.29, 1.82) is 5.41 Å². The molecular formula is C42H25N7O2S3. The van der Waals surface area contributed by atoms with E-state index in [2.05, 4.69) is 87.2 Å². The normalized spacial score (nSPS) is 18.4. The molecule has 4 heterocycles. The molecule has 12 heteroatoms. The van der Waals surface area contributed by atoms with Gasteiger partial charge in [-0.15, -0.1) is 0 Å². The van der Waals surface area contributed by atoms with Gasteiger partial charge in [0, 0.05) is 33.4 Å². The van der Waals surface area contributed by atoms with Gasteiger partial charge in [0.1, 0.15) is 50.8 Å². The lowest BCUT2D eigenvalue weighted by Gasteiger charge is -2.31. The number of aromatic nitrogens is 4. The Kier molecular flexibility index (Phi) is 7.06. The topological polar surface area (TPSA) is 113 Å². The first kappa shape index (κ1) is 31.3. The highest BCUT2D eigenvalue weighted by atomic mass is 32.1. The van der Waals surface area contributed by atoms with E-state index in [1.54, 1.807) is 0 Å². The van der Waals surface area contributed by atoms with Gasteiger partial charge in [0.25, 0.3) is 0 Å². The summed E-state index contributed by atoms with van der Waals surface area (Å²) in [6, 6.07) is 30.4. The Balaban J connectivity index is 1.08. The maximum Gasteiger partial charge on any atom is 0.135 e. The Labute approximate surface area is 321 Å². The monoisotopic (exact) mass is 755 g/mol. The molecule has 0 radical (unpaired) electrons. The fourth-order valence-corrected chi connectivity index (χ4v) is 9.15. The largest absolute Gasteiger partial charge is 0.485 e. The summed E-state index contributed by atoms with van der Waals surface area (Å²) in [5, 5.41) is 11.6. The van der Waals surface area contributed by atoms with Crippen LogP contribution in [0.5, 0.6) is 5.75 Å². The summed E-state index contributed by atoms with van der Waals surface area (Å²) >= 11 is 6.79. The van der Waals surface area contributed by atoms with E-state index in [-0.39, 0.29) is 17.7 Å². The van der Waals surface area contributed by atoms with Gasteiger partial charge in [0.2, 0.25) is 0 Å². The number of hydrogen-bond donors (Lipinski definition) is 2. The Morgan fingerprint density at radius 1 is 0.722 bits per heavy atom. The molecule has 3 aromatic heterocycles. The minimum atomic E-state index is 0.00763. The molecule has 0 fully saturated rings. The Hall–Kier alpha value is -6.21. The number of benzene rings is 5. The number of rotatable bonds is 5. The molecule has 3 aliphatic rings. The van der Waals surface area contributed by atoms with Crippen molar-refractivity contribution in [3.8, 4) is 16.9 Å². The predicted octanol–water partition coefficient (Wildman–Crippen LogP) is 10.7. The van der Waals surface area contributed by atoms with E-state index < -0.39 is 0 Å². The number of hydrogen-bond acceptors (Lipinski definition) is 12. The van der Waals surface area contributed by atoms with Crippen LogP contribution in [0.15, 0.2) is 142 Å². The lowest BCUT2D eigenvalue weighted by molar-refractivity contribution is 0.269. The zero-order valence-corrected chi connectivity index (χ0v) is 30.6. The van der Waals surface area contributed by atoms with E-state index >= 15 is 0 Å². The van der Waals surface area contributed by atoms with Gasteiger partial charge in [0.05, 0.1) is 46.2 Å². The maximum absolute atomic E-state index is 9.55. The number of nitrogens with one attached hydrogen (secondary N) is 1. The van der Waals surface area contributed by atoms with Crippen molar-refractivity contribution in [2.45, 2.75) is 12.0 Å². The Bertz CT molecular complexity index is 3060. The van der Waals surface area contributed by atoms with Gasteiger partial charge in [-0.25, -0.2) is 4.40 Å². The van der Waals surface area contributed by atoms with Crippen LogP contribution in [0.3, 0.4) is 0 Å². The van der Waals surface area contributed by atoms with E-state index in [1.807, 2.05) is 66.8 Å². The summed E-state index contributed by atoms with van der Waals surface area (Å²) < 4.78 is 35.8. The fraction of sp³-hybridized carbons (Fsp3) is 0.0476. The molecule has 0 saturated carbocycles. The van der Waals surface area contributed by atoms with E-state index in [1.165, 1.54) is 11.7 Å². The van der Waals surface area contributed by atoms with Gasteiger partial charge >= 0.3 is 0 Å². The third-order valence-corrected chi connectivity index (χ3v) is 11.6. The molecule has 11 rings (SSSR count). The Morgan fingerprint density at radius 2 is 1.54 bits per heavy atom. The number of nitrogens with zero attached hydrogens (tertiary/aromatic N) is 6. The average Bonchev–Trinajstić information content (AvgIpc) is 4.03. The van der Waals surface area contributed by atoms with Crippen LogP contribution in [0.1, 0.15) is 17.0 Å². The molecule has 2 aliphatic carbocycles. The first-order valence-corrected chi connectivity index (χ1v) is 19.1. The first-order valence-electron chi connectivity index (χ1n) is 17.2. The first-order chi connectivity index (χ1) is 26.6. The molecule has 0 spiro atoms. The number of furan rings is 1. The van der Waals surface area contributed by atoms with Crippen LogP contribution in [0, 0.1) is 5.41 Å². The summed E-state index contributed by atoms with van der Waals surface area (Å²) in [6.07, 6.45) is 12.4. The highest BCUT2D eigenvalue weighted by Crippen LogP contribution is 2.46. The third kappa shape index (κ3) is 4.70. The molecule has 5 aromatic carbocycles. The van der Waals surface area contributed by atoms with Crippen molar-refractivity contribution in [2.24, 2.45) is 4.40 Å². The highest BCUT2D eigenvalue weighted by Gasteiger charge is 2.34. The number of ether oxygens (including phenoxy) is 1. The van der Waals surface area contributed by atoms with Crippen LogP contribution < -0.4 is 9.64 Å². The van der Waals surface area contributed by atoms with Crippen molar-refractivity contribution in [3.63, 3.8) is 0 Å². The highest BCUT2D eigenvalue weighted by molar-refractivity contribution is 7.79. The number of fused-ring (bicyclic) bond motifs is 8. The molecule has 0 saturated heterocycles. The van der Waals surface area contributed by atoms with Crippen molar-refractivity contribution in [3.05, 3.63) is 144 Å². The summed E-state index contributed by atoms with van der Waals surface area (Å²) in [7, 11) is 0. The Morgan fingerprint density at radius 3 is 2.48 bits per heavy atom. The molecule has 9 nitrogen and oxygen atoms in total. The molecule has 2 unspecified atom stereocenters. The van der Waals surface area contributed by atoms with Crippen LogP contribution >= 0.6 is 36.3 Å². The van der Waals surface area contributed by atoms with Crippen molar-refractivity contribution in [2.75, 3.05) is 4.90 Å². The smallest absolute Gasteiger partial charge is 0.135 e. The summed E-state index contributed by atoms with van der Waals surface area (Å²) in [5.41, 5.74) is 12.2. The van der Waals surface area contributed by atoms with Crippen LogP contribution in [0.4, 0.5) is 11.4 Å². The summed E-state index contributed by atoms with van der Waals surface area (Å²) in [4.78, 5) is 2.06. The molecule has 2 atom stereocenters. The van der Waals surface area contributed by atoms with E-state index in [0.29, 0.717) is 22.5 Å². The fourth-order valence-electron chi connectivity index (χ4n) is 7.83. The van der Waals surface area contributed by atoms with Gasteiger partial charge in [-0.3, -0.25) is 5.41 Å². The molecule has 1 N–H and O–H groups in total. The lowest BCUT2D eigenvalue weighted by Crippen LogP contribution is -2.30. The van der Waals surface area contributed by atoms with Gasteiger partial charge < -0.3 is 14.1 Å². The average molecular weight is 756 g/mol. The second-order valence-electron chi connectivity index (χ2n) is 13.2. The quantitative estimate of drug-likeness (QED) is 0.133. The number of anilines is 2. The molecular weight excluding hydrogens is 731 g/mol. The standard InChI is InChI=1S/C42H25N7O2S3/c43-38-24(22-12-18-36-28(20-22)26-6-1-3-10-34(26)50-36)14-16-32(41(38)44-52)49(31-9-5-8-30-40(31)47-53-45-30)33-17-15-25(39-42(33)48-54-46-39)23-13-19-37-29(21-23)27-7-2-4-11-35(27)51-37/h1-21,27,35,43,52H/b43-38?,44-41-.